The third-order valence-corrected chi connectivity index (χ3v) is 4.26. The fraction of sp³-hybridized carbons (Fsp3) is 0.667. The van der Waals surface area contributed by atoms with Crippen LogP contribution in [0, 0.1) is 5.82 Å². The first-order valence-corrected chi connectivity index (χ1v) is 8.37. The molecule has 0 radical (unpaired) electrons. The Hall–Kier alpha value is -0.930. The molecule has 1 aromatic rings. The molecule has 1 saturated heterocycles. The van der Waals surface area contributed by atoms with Gasteiger partial charge in [-0.1, -0.05) is 25.5 Å². The second kappa shape index (κ2) is 9.16. The highest BCUT2D eigenvalue weighted by atomic mass is 19.1. The Morgan fingerprint density at radius 2 is 2.14 bits per heavy atom. The van der Waals surface area contributed by atoms with Crippen molar-refractivity contribution in [2.75, 3.05) is 19.7 Å². The zero-order valence-corrected chi connectivity index (χ0v) is 13.1. The van der Waals surface area contributed by atoms with Gasteiger partial charge >= 0.3 is 0 Å². The molecule has 2 unspecified atom stereocenters. The summed E-state index contributed by atoms with van der Waals surface area (Å²) in [5, 5.41) is 3.50. The molecule has 1 fully saturated rings. The molecule has 0 bridgehead atoms. The standard InChI is InChI=1S/C18H28FNO/c1-2-12-20-14-16(15-8-10-17(19)11-9-15)5-3-6-18-7-4-13-21-18/h8-11,16,18,20H,2-7,12-14H2,1H3. The predicted molar refractivity (Wildman–Crippen MR) is 85.1 cm³/mol. The number of benzene rings is 1. The van der Waals surface area contributed by atoms with Crippen LogP contribution in [-0.4, -0.2) is 25.8 Å². The Balaban J connectivity index is 1.83. The Morgan fingerprint density at radius 1 is 1.33 bits per heavy atom. The van der Waals surface area contributed by atoms with Crippen LogP contribution in [0.1, 0.15) is 56.9 Å². The van der Waals surface area contributed by atoms with Crippen LogP contribution in [0.25, 0.3) is 0 Å². The molecule has 3 heteroatoms. The van der Waals surface area contributed by atoms with Gasteiger partial charge in [-0.2, -0.15) is 0 Å². The molecule has 21 heavy (non-hydrogen) atoms. The lowest BCUT2D eigenvalue weighted by atomic mass is 9.92. The lowest BCUT2D eigenvalue weighted by molar-refractivity contribution is 0.101. The maximum absolute atomic E-state index is 13.1. The summed E-state index contributed by atoms with van der Waals surface area (Å²) in [5.41, 5.74) is 1.24. The minimum atomic E-state index is -0.154. The van der Waals surface area contributed by atoms with E-state index in [0.717, 1.165) is 39.0 Å². The number of halogens is 1. The summed E-state index contributed by atoms with van der Waals surface area (Å²) in [5.74, 6) is 0.317. The quantitative estimate of drug-likeness (QED) is 0.687. The second-order valence-electron chi connectivity index (χ2n) is 6.02. The predicted octanol–water partition coefficient (Wildman–Crippen LogP) is 4.26. The Bertz CT molecular complexity index is 387. The van der Waals surface area contributed by atoms with Gasteiger partial charge in [0.2, 0.25) is 0 Å². The van der Waals surface area contributed by atoms with Gasteiger partial charge in [0, 0.05) is 13.2 Å². The molecule has 0 aromatic heterocycles. The normalized spacial score (nSPS) is 19.8. The molecule has 0 amide bonds. The van der Waals surface area contributed by atoms with Gasteiger partial charge in [0.1, 0.15) is 5.82 Å². The summed E-state index contributed by atoms with van der Waals surface area (Å²) in [6, 6.07) is 7.00. The number of rotatable bonds is 9. The van der Waals surface area contributed by atoms with E-state index < -0.39 is 0 Å². The van der Waals surface area contributed by atoms with E-state index in [1.54, 1.807) is 12.1 Å². The molecule has 2 nitrogen and oxygen atoms in total. The Kier molecular flexibility index (Phi) is 7.17. The molecule has 0 spiro atoms. The maximum Gasteiger partial charge on any atom is 0.123 e. The van der Waals surface area contributed by atoms with Crippen LogP contribution in [0.5, 0.6) is 0 Å². The smallest absolute Gasteiger partial charge is 0.123 e. The van der Waals surface area contributed by atoms with Crippen molar-refractivity contribution >= 4 is 0 Å². The van der Waals surface area contributed by atoms with Gasteiger partial charge in [0.15, 0.2) is 0 Å². The zero-order valence-electron chi connectivity index (χ0n) is 13.1. The fourth-order valence-corrected chi connectivity index (χ4v) is 3.04. The lowest BCUT2D eigenvalue weighted by Crippen LogP contribution is -2.22. The van der Waals surface area contributed by atoms with Crippen LogP contribution < -0.4 is 5.32 Å². The molecular weight excluding hydrogens is 265 g/mol. The molecule has 1 aliphatic heterocycles. The molecule has 1 aromatic carbocycles. The minimum Gasteiger partial charge on any atom is -0.378 e. The van der Waals surface area contributed by atoms with E-state index in [1.165, 1.54) is 24.8 Å². The first kappa shape index (κ1) is 16.4. The van der Waals surface area contributed by atoms with Crippen molar-refractivity contribution in [3.05, 3.63) is 35.6 Å². The van der Waals surface area contributed by atoms with E-state index in [2.05, 4.69) is 12.2 Å². The highest BCUT2D eigenvalue weighted by Crippen LogP contribution is 2.25. The lowest BCUT2D eigenvalue weighted by Gasteiger charge is -2.19. The summed E-state index contributed by atoms with van der Waals surface area (Å²) < 4.78 is 18.8. The minimum absolute atomic E-state index is 0.154. The number of nitrogens with one attached hydrogen (secondary N) is 1. The van der Waals surface area contributed by atoms with E-state index in [4.69, 9.17) is 4.74 Å². The van der Waals surface area contributed by atoms with Gasteiger partial charge in [-0.25, -0.2) is 4.39 Å². The number of hydrogen-bond acceptors (Lipinski definition) is 2. The Labute approximate surface area is 128 Å². The molecule has 1 heterocycles. The van der Waals surface area contributed by atoms with E-state index in [9.17, 15) is 4.39 Å². The molecule has 2 atom stereocenters. The first-order valence-electron chi connectivity index (χ1n) is 8.37. The topological polar surface area (TPSA) is 21.3 Å². The number of hydrogen-bond donors (Lipinski definition) is 1. The molecule has 1 aliphatic rings. The summed E-state index contributed by atoms with van der Waals surface area (Å²) in [6.07, 6.45) is 7.53. The summed E-state index contributed by atoms with van der Waals surface area (Å²) in [6.45, 7) is 5.13. The molecule has 0 saturated carbocycles. The van der Waals surface area contributed by atoms with Crippen molar-refractivity contribution in [3.8, 4) is 0 Å². The van der Waals surface area contributed by atoms with Gasteiger partial charge in [0.05, 0.1) is 6.10 Å². The van der Waals surface area contributed by atoms with E-state index in [0.29, 0.717) is 12.0 Å². The molecule has 1 N–H and O–H groups in total. The summed E-state index contributed by atoms with van der Waals surface area (Å²) >= 11 is 0. The van der Waals surface area contributed by atoms with Crippen molar-refractivity contribution in [2.45, 2.75) is 57.5 Å². The van der Waals surface area contributed by atoms with Crippen molar-refractivity contribution in [3.63, 3.8) is 0 Å². The fourth-order valence-electron chi connectivity index (χ4n) is 3.04. The zero-order chi connectivity index (χ0) is 14.9. The van der Waals surface area contributed by atoms with Gasteiger partial charge < -0.3 is 10.1 Å². The first-order chi connectivity index (χ1) is 10.3. The highest BCUT2D eigenvalue weighted by Gasteiger charge is 2.17. The third kappa shape index (κ3) is 5.76. The van der Waals surface area contributed by atoms with Crippen LogP contribution in [0.4, 0.5) is 4.39 Å². The molecule has 0 aliphatic carbocycles. The van der Waals surface area contributed by atoms with Crippen LogP contribution in [0.3, 0.4) is 0 Å². The van der Waals surface area contributed by atoms with E-state index in [-0.39, 0.29) is 5.82 Å². The van der Waals surface area contributed by atoms with Crippen LogP contribution in [-0.2, 0) is 4.74 Å². The monoisotopic (exact) mass is 293 g/mol. The van der Waals surface area contributed by atoms with Crippen molar-refractivity contribution in [1.29, 1.82) is 0 Å². The number of ether oxygens (including phenoxy) is 1. The molecule has 118 valence electrons. The van der Waals surface area contributed by atoms with E-state index >= 15 is 0 Å². The molecule has 2 rings (SSSR count). The highest BCUT2D eigenvalue weighted by molar-refractivity contribution is 5.20. The van der Waals surface area contributed by atoms with Crippen molar-refractivity contribution in [1.82, 2.24) is 5.32 Å². The van der Waals surface area contributed by atoms with Crippen LogP contribution in [0.15, 0.2) is 24.3 Å². The Morgan fingerprint density at radius 3 is 2.81 bits per heavy atom. The average Bonchev–Trinajstić information content (AvgIpc) is 3.00. The van der Waals surface area contributed by atoms with Gasteiger partial charge in [-0.05, 0) is 62.3 Å². The van der Waals surface area contributed by atoms with Crippen LogP contribution in [0.2, 0.25) is 0 Å². The van der Waals surface area contributed by atoms with Crippen molar-refractivity contribution < 1.29 is 9.13 Å². The van der Waals surface area contributed by atoms with Gasteiger partial charge in [-0.3, -0.25) is 0 Å². The molecular formula is C18H28FNO. The average molecular weight is 293 g/mol. The SMILES string of the molecule is CCCNCC(CCCC1CCCO1)c1ccc(F)cc1. The van der Waals surface area contributed by atoms with Crippen LogP contribution >= 0.6 is 0 Å². The van der Waals surface area contributed by atoms with Crippen molar-refractivity contribution in [2.24, 2.45) is 0 Å². The van der Waals surface area contributed by atoms with Gasteiger partial charge in [-0.15, -0.1) is 0 Å². The van der Waals surface area contributed by atoms with Gasteiger partial charge in [0.25, 0.3) is 0 Å². The largest absolute Gasteiger partial charge is 0.378 e. The second-order valence-corrected chi connectivity index (χ2v) is 6.02. The maximum atomic E-state index is 13.1. The summed E-state index contributed by atoms with van der Waals surface area (Å²) in [4.78, 5) is 0. The third-order valence-electron chi connectivity index (χ3n) is 4.26. The summed E-state index contributed by atoms with van der Waals surface area (Å²) in [7, 11) is 0. The van der Waals surface area contributed by atoms with E-state index in [1.807, 2.05) is 12.1 Å².